The van der Waals surface area contributed by atoms with Crippen LogP contribution in [0.1, 0.15) is 33.1 Å². The highest BCUT2D eigenvalue weighted by atomic mass is 32.2. The van der Waals surface area contributed by atoms with Crippen molar-refractivity contribution < 1.29 is 13.2 Å². The number of hydrogen-bond acceptors (Lipinski definition) is 2. The highest BCUT2D eigenvalue weighted by molar-refractivity contribution is 7.99. The molecule has 0 bridgehead atoms. The van der Waals surface area contributed by atoms with E-state index in [9.17, 15) is 13.2 Å². The molecule has 1 unspecified atom stereocenters. The lowest BCUT2D eigenvalue weighted by Gasteiger charge is -2.13. The number of nitrogens with one attached hydrogen (secondary N) is 1. The zero-order chi connectivity index (χ0) is 11.7. The molecule has 0 aromatic rings. The molecule has 0 fully saturated rings. The average Bonchev–Trinajstić information content (AvgIpc) is 2.11. The van der Waals surface area contributed by atoms with E-state index in [2.05, 4.69) is 12.2 Å². The molecule has 0 aromatic carbocycles. The maximum absolute atomic E-state index is 11.8. The molecule has 0 saturated heterocycles. The molecule has 15 heavy (non-hydrogen) atoms. The van der Waals surface area contributed by atoms with Crippen molar-refractivity contribution in [1.29, 1.82) is 0 Å². The Morgan fingerprint density at radius 1 is 1.33 bits per heavy atom. The highest BCUT2D eigenvalue weighted by Gasteiger charge is 2.25. The summed E-state index contributed by atoms with van der Waals surface area (Å²) in [5.41, 5.74) is 0. The zero-order valence-electron chi connectivity index (χ0n) is 9.36. The van der Waals surface area contributed by atoms with Crippen molar-refractivity contribution in [3.8, 4) is 0 Å². The summed E-state index contributed by atoms with van der Waals surface area (Å²) in [5.74, 6) is 2.17. The fourth-order valence-electron chi connectivity index (χ4n) is 1.14. The van der Waals surface area contributed by atoms with Crippen LogP contribution in [0.3, 0.4) is 0 Å². The molecule has 92 valence electrons. The summed E-state index contributed by atoms with van der Waals surface area (Å²) in [6.45, 7) is 4.58. The molecule has 1 N–H and O–H groups in total. The maximum Gasteiger partial charge on any atom is 0.389 e. The van der Waals surface area contributed by atoms with Gasteiger partial charge in [-0.05, 0) is 37.8 Å². The van der Waals surface area contributed by atoms with E-state index in [0.29, 0.717) is 12.6 Å². The minimum Gasteiger partial charge on any atom is -0.314 e. The molecule has 0 amide bonds. The lowest BCUT2D eigenvalue weighted by molar-refractivity contribution is -0.135. The molecule has 0 radical (unpaired) electrons. The van der Waals surface area contributed by atoms with Crippen LogP contribution in [0, 0.1) is 0 Å². The van der Waals surface area contributed by atoms with Gasteiger partial charge in [-0.3, -0.25) is 0 Å². The van der Waals surface area contributed by atoms with Crippen LogP contribution in [-0.2, 0) is 0 Å². The van der Waals surface area contributed by atoms with Gasteiger partial charge in [-0.25, -0.2) is 0 Å². The molecule has 0 aromatic heterocycles. The van der Waals surface area contributed by atoms with Gasteiger partial charge in [-0.1, -0.05) is 6.92 Å². The predicted octanol–water partition coefficient (Wildman–Crippen LogP) is 3.45. The second-order valence-corrected chi connectivity index (χ2v) is 4.95. The zero-order valence-corrected chi connectivity index (χ0v) is 10.2. The van der Waals surface area contributed by atoms with Gasteiger partial charge in [0, 0.05) is 12.5 Å². The van der Waals surface area contributed by atoms with Crippen molar-refractivity contribution in [3.05, 3.63) is 0 Å². The van der Waals surface area contributed by atoms with Crippen molar-refractivity contribution in [2.75, 3.05) is 18.1 Å². The van der Waals surface area contributed by atoms with Gasteiger partial charge in [0.1, 0.15) is 0 Å². The van der Waals surface area contributed by atoms with Crippen LogP contribution in [0.25, 0.3) is 0 Å². The van der Waals surface area contributed by atoms with E-state index in [1.165, 1.54) is 0 Å². The van der Waals surface area contributed by atoms with Gasteiger partial charge in [-0.15, -0.1) is 0 Å². The van der Waals surface area contributed by atoms with E-state index in [1.807, 2.05) is 18.7 Å². The Bertz CT molecular complexity index is 150. The van der Waals surface area contributed by atoms with Gasteiger partial charge in [0.05, 0.1) is 0 Å². The first-order valence-corrected chi connectivity index (χ1v) is 6.49. The molecule has 0 spiro atoms. The minimum atomic E-state index is -4.01. The van der Waals surface area contributed by atoms with Gasteiger partial charge in [0.25, 0.3) is 0 Å². The fraction of sp³-hybridized carbons (Fsp3) is 1.00. The molecular formula is C10H20F3NS. The van der Waals surface area contributed by atoms with E-state index < -0.39 is 12.6 Å². The van der Waals surface area contributed by atoms with E-state index in [-0.39, 0.29) is 6.42 Å². The lowest BCUT2D eigenvalue weighted by Crippen LogP contribution is -2.28. The number of hydrogen-bond donors (Lipinski definition) is 1. The molecule has 1 nitrogen and oxygen atoms in total. The highest BCUT2D eigenvalue weighted by Crippen LogP contribution is 2.20. The van der Waals surface area contributed by atoms with Gasteiger partial charge in [0.2, 0.25) is 0 Å². The summed E-state index contributed by atoms with van der Waals surface area (Å²) in [7, 11) is 0. The van der Waals surface area contributed by atoms with Gasteiger partial charge in [0.15, 0.2) is 0 Å². The number of alkyl halides is 3. The molecule has 0 aliphatic carbocycles. The first-order valence-electron chi connectivity index (χ1n) is 5.33. The number of rotatable bonds is 8. The molecular weight excluding hydrogens is 223 g/mol. The second kappa shape index (κ2) is 8.28. The second-order valence-electron chi connectivity index (χ2n) is 3.56. The largest absolute Gasteiger partial charge is 0.389 e. The van der Waals surface area contributed by atoms with E-state index in [4.69, 9.17) is 0 Å². The third-order valence-corrected chi connectivity index (χ3v) is 2.96. The summed E-state index contributed by atoms with van der Waals surface area (Å²) in [4.78, 5) is 0. The summed E-state index contributed by atoms with van der Waals surface area (Å²) >= 11 is 1.86. The summed E-state index contributed by atoms with van der Waals surface area (Å²) < 4.78 is 35.4. The summed E-state index contributed by atoms with van der Waals surface area (Å²) in [6, 6.07) is 0.317. The van der Waals surface area contributed by atoms with Crippen LogP contribution in [0.2, 0.25) is 0 Å². The predicted molar refractivity (Wildman–Crippen MR) is 60.4 cm³/mol. The van der Waals surface area contributed by atoms with Crippen LogP contribution in [0.15, 0.2) is 0 Å². The van der Waals surface area contributed by atoms with E-state index in [0.717, 1.165) is 17.9 Å². The van der Waals surface area contributed by atoms with Crippen molar-refractivity contribution in [3.63, 3.8) is 0 Å². The quantitative estimate of drug-likeness (QED) is 0.655. The van der Waals surface area contributed by atoms with Crippen LogP contribution >= 0.6 is 11.8 Å². The summed E-state index contributed by atoms with van der Waals surface area (Å²) in [6.07, 6.45) is -3.50. The van der Waals surface area contributed by atoms with Gasteiger partial charge >= 0.3 is 6.18 Å². The van der Waals surface area contributed by atoms with Crippen LogP contribution in [-0.4, -0.2) is 30.3 Å². The third kappa shape index (κ3) is 12.0. The smallest absolute Gasteiger partial charge is 0.314 e. The number of halogens is 3. The minimum absolute atomic E-state index is 0.175. The van der Waals surface area contributed by atoms with Crippen molar-refractivity contribution in [1.82, 2.24) is 5.32 Å². The van der Waals surface area contributed by atoms with Gasteiger partial charge < -0.3 is 5.32 Å². The monoisotopic (exact) mass is 243 g/mol. The molecule has 0 aliphatic heterocycles. The summed E-state index contributed by atoms with van der Waals surface area (Å²) in [5, 5.41) is 3.10. The Morgan fingerprint density at radius 3 is 2.53 bits per heavy atom. The topological polar surface area (TPSA) is 12.0 Å². The van der Waals surface area contributed by atoms with Crippen molar-refractivity contribution in [2.45, 2.75) is 45.3 Å². The van der Waals surface area contributed by atoms with E-state index >= 15 is 0 Å². The number of thioether (sulfide) groups is 1. The van der Waals surface area contributed by atoms with Crippen LogP contribution in [0.5, 0.6) is 0 Å². The normalized spacial score (nSPS) is 14.2. The first-order chi connectivity index (χ1) is 6.95. The standard InChI is InChI=1S/C10H20F3NS/c1-3-15-8-5-9(2)14-7-4-6-10(11,12)13/h9,14H,3-8H2,1-2H3. The van der Waals surface area contributed by atoms with Crippen molar-refractivity contribution in [2.24, 2.45) is 0 Å². The molecule has 0 saturated carbocycles. The molecule has 1 atom stereocenters. The molecule has 0 aliphatic rings. The first kappa shape index (κ1) is 15.1. The van der Waals surface area contributed by atoms with Crippen LogP contribution < -0.4 is 5.32 Å². The SMILES string of the molecule is CCSCCC(C)NCCCC(F)(F)F. The lowest BCUT2D eigenvalue weighted by atomic mass is 10.2. The Hall–Kier alpha value is 0.100. The van der Waals surface area contributed by atoms with Gasteiger partial charge in [-0.2, -0.15) is 24.9 Å². The Balaban J connectivity index is 3.27. The molecule has 0 rings (SSSR count). The Morgan fingerprint density at radius 2 is 2.00 bits per heavy atom. The molecule has 5 heteroatoms. The molecule has 0 heterocycles. The van der Waals surface area contributed by atoms with E-state index in [1.54, 1.807) is 0 Å². The van der Waals surface area contributed by atoms with Crippen LogP contribution in [0.4, 0.5) is 13.2 Å². The maximum atomic E-state index is 11.8. The fourth-order valence-corrected chi connectivity index (χ4v) is 1.95. The Labute approximate surface area is 94.2 Å². The third-order valence-electron chi connectivity index (χ3n) is 2.03. The Kier molecular flexibility index (Phi) is 8.33. The average molecular weight is 243 g/mol. The van der Waals surface area contributed by atoms with Crippen molar-refractivity contribution >= 4 is 11.8 Å².